The summed E-state index contributed by atoms with van der Waals surface area (Å²) in [6, 6.07) is 11.9. The second kappa shape index (κ2) is 7.53. The van der Waals surface area contributed by atoms with Crippen molar-refractivity contribution in [3.63, 3.8) is 0 Å². The number of nitrogens with one attached hydrogen (secondary N) is 1. The van der Waals surface area contributed by atoms with Crippen LogP contribution in [0.15, 0.2) is 51.8 Å². The highest BCUT2D eigenvalue weighted by Gasteiger charge is 2.30. The number of benzene rings is 2. The van der Waals surface area contributed by atoms with Gasteiger partial charge in [0, 0.05) is 23.7 Å². The van der Waals surface area contributed by atoms with Gasteiger partial charge >= 0.3 is 0 Å². The summed E-state index contributed by atoms with van der Waals surface area (Å²) in [5.41, 5.74) is 8.30. The number of methoxy groups -OCH3 is 1. The molecule has 0 amide bonds. The van der Waals surface area contributed by atoms with Crippen molar-refractivity contribution in [1.29, 1.82) is 0 Å². The molecule has 7 nitrogen and oxygen atoms in total. The third kappa shape index (κ3) is 3.99. The van der Waals surface area contributed by atoms with Crippen LogP contribution in [0, 0.1) is 6.92 Å². The van der Waals surface area contributed by atoms with E-state index in [0.717, 1.165) is 30.0 Å². The van der Waals surface area contributed by atoms with Crippen molar-refractivity contribution in [1.82, 2.24) is 4.98 Å². The summed E-state index contributed by atoms with van der Waals surface area (Å²) in [6.07, 6.45) is 2.15. The van der Waals surface area contributed by atoms with Crippen molar-refractivity contribution < 1.29 is 17.6 Å². The van der Waals surface area contributed by atoms with Crippen LogP contribution in [-0.2, 0) is 16.6 Å². The van der Waals surface area contributed by atoms with Crippen LogP contribution in [-0.4, -0.2) is 20.5 Å². The maximum absolute atomic E-state index is 13.1. The highest BCUT2D eigenvalue weighted by Crippen LogP contribution is 2.42. The summed E-state index contributed by atoms with van der Waals surface area (Å²) in [5.74, 6) is 1.92. The van der Waals surface area contributed by atoms with Gasteiger partial charge in [-0.1, -0.05) is 12.1 Å². The Balaban J connectivity index is 1.72. The van der Waals surface area contributed by atoms with Crippen LogP contribution < -0.4 is 15.2 Å². The summed E-state index contributed by atoms with van der Waals surface area (Å²) in [6.45, 7) is 2.18. The van der Waals surface area contributed by atoms with E-state index in [9.17, 15) is 8.42 Å². The summed E-state index contributed by atoms with van der Waals surface area (Å²) in [7, 11) is -2.46. The molecule has 29 heavy (non-hydrogen) atoms. The highest BCUT2D eigenvalue weighted by molar-refractivity contribution is 7.92. The Kier molecular flexibility index (Phi) is 5.06. The molecule has 1 aromatic heterocycles. The highest BCUT2D eigenvalue weighted by atomic mass is 32.2. The van der Waals surface area contributed by atoms with Gasteiger partial charge in [0.05, 0.1) is 12.8 Å². The van der Waals surface area contributed by atoms with E-state index in [1.54, 1.807) is 36.4 Å². The van der Waals surface area contributed by atoms with E-state index >= 15 is 0 Å². The number of anilines is 1. The van der Waals surface area contributed by atoms with Crippen molar-refractivity contribution in [3.05, 3.63) is 59.6 Å². The lowest BCUT2D eigenvalue weighted by molar-refractivity contribution is 0.403. The summed E-state index contributed by atoms with van der Waals surface area (Å²) >= 11 is 0. The zero-order chi connectivity index (χ0) is 20.6. The van der Waals surface area contributed by atoms with E-state index in [4.69, 9.17) is 14.9 Å². The summed E-state index contributed by atoms with van der Waals surface area (Å²) in [4.78, 5) is 4.52. The van der Waals surface area contributed by atoms with Crippen LogP contribution in [0.2, 0.25) is 0 Å². The zero-order valence-corrected chi connectivity index (χ0v) is 17.1. The first-order valence-corrected chi connectivity index (χ1v) is 10.9. The average molecular weight is 413 g/mol. The van der Waals surface area contributed by atoms with Crippen LogP contribution in [0.1, 0.15) is 35.9 Å². The number of sulfonamides is 1. The fourth-order valence-corrected chi connectivity index (χ4v) is 4.44. The standard InChI is InChI=1S/C21H23N3O4S/c1-13-20(28-21(23-13)15-6-7-15)16-8-9-18(27-2)19(11-16)29(25,26)24-17-5-3-4-14(10-17)12-22/h3-5,8-11,15,24H,6-7,12,22H2,1-2H3. The number of oxazole rings is 1. The van der Waals surface area contributed by atoms with E-state index in [2.05, 4.69) is 9.71 Å². The Bertz CT molecular complexity index is 1150. The number of hydrogen-bond donors (Lipinski definition) is 2. The number of aryl methyl sites for hydroxylation is 1. The van der Waals surface area contributed by atoms with E-state index < -0.39 is 10.0 Å². The molecule has 3 N–H and O–H groups in total. The topological polar surface area (TPSA) is 107 Å². The number of nitrogens with two attached hydrogens (primary N) is 1. The van der Waals surface area contributed by atoms with E-state index in [0.29, 0.717) is 29.5 Å². The Morgan fingerprint density at radius 2 is 2.03 bits per heavy atom. The molecule has 1 saturated carbocycles. The van der Waals surface area contributed by atoms with Crippen molar-refractivity contribution in [2.45, 2.75) is 37.1 Å². The molecule has 0 atom stereocenters. The Hall–Kier alpha value is -2.84. The third-order valence-electron chi connectivity index (χ3n) is 4.87. The van der Waals surface area contributed by atoms with Gasteiger partial charge in [-0.3, -0.25) is 4.72 Å². The lowest BCUT2D eigenvalue weighted by Gasteiger charge is -2.13. The molecule has 3 aromatic rings. The summed E-state index contributed by atoms with van der Waals surface area (Å²) < 4.78 is 40.0. The SMILES string of the molecule is COc1ccc(-c2oc(C3CC3)nc2C)cc1S(=O)(=O)Nc1cccc(CN)c1. The van der Waals surface area contributed by atoms with Crippen LogP contribution in [0.25, 0.3) is 11.3 Å². The molecule has 2 aromatic carbocycles. The molecule has 1 fully saturated rings. The Morgan fingerprint density at radius 3 is 2.72 bits per heavy atom. The molecule has 1 aliphatic carbocycles. The predicted molar refractivity (Wildman–Crippen MR) is 110 cm³/mol. The molecule has 4 rings (SSSR count). The Morgan fingerprint density at radius 1 is 1.24 bits per heavy atom. The number of aromatic nitrogens is 1. The molecule has 0 aliphatic heterocycles. The van der Waals surface area contributed by atoms with Crippen molar-refractivity contribution in [2.24, 2.45) is 5.73 Å². The first-order chi connectivity index (χ1) is 13.9. The van der Waals surface area contributed by atoms with Crippen LogP contribution in [0.5, 0.6) is 5.75 Å². The molecule has 0 unspecified atom stereocenters. The number of rotatable bonds is 7. The molecular weight excluding hydrogens is 390 g/mol. The molecular formula is C21H23N3O4S. The Labute approximate surface area is 170 Å². The largest absolute Gasteiger partial charge is 0.495 e. The minimum atomic E-state index is -3.90. The van der Waals surface area contributed by atoms with E-state index in [1.165, 1.54) is 7.11 Å². The predicted octanol–water partition coefficient (Wildman–Crippen LogP) is 3.80. The van der Waals surface area contributed by atoms with Crippen LogP contribution in [0.4, 0.5) is 5.69 Å². The van der Waals surface area contributed by atoms with Crippen LogP contribution >= 0.6 is 0 Å². The molecule has 8 heteroatoms. The van der Waals surface area contributed by atoms with E-state index in [1.807, 2.05) is 13.0 Å². The molecule has 152 valence electrons. The number of hydrogen-bond acceptors (Lipinski definition) is 6. The zero-order valence-electron chi connectivity index (χ0n) is 16.3. The molecule has 0 spiro atoms. The van der Waals surface area contributed by atoms with Gasteiger partial charge in [-0.05, 0) is 55.7 Å². The summed E-state index contributed by atoms with van der Waals surface area (Å²) in [5, 5.41) is 0. The molecule has 0 saturated heterocycles. The maximum atomic E-state index is 13.1. The smallest absolute Gasteiger partial charge is 0.265 e. The maximum Gasteiger partial charge on any atom is 0.265 e. The molecule has 0 radical (unpaired) electrons. The average Bonchev–Trinajstić information content (AvgIpc) is 3.49. The fraction of sp³-hybridized carbons (Fsp3) is 0.286. The van der Waals surface area contributed by atoms with Gasteiger partial charge in [0.1, 0.15) is 10.6 Å². The van der Waals surface area contributed by atoms with Gasteiger partial charge in [0.2, 0.25) is 0 Å². The first kappa shape index (κ1) is 19.5. The normalized spacial score (nSPS) is 14.0. The van der Waals surface area contributed by atoms with E-state index in [-0.39, 0.29) is 10.6 Å². The van der Waals surface area contributed by atoms with Gasteiger partial charge in [-0.25, -0.2) is 13.4 Å². The second-order valence-electron chi connectivity index (χ2n) is 7.12. The lowest BCUT2D eigenvalue weighted by atomic mass is 10.1. The quantitative estimate of drug-likeness (QED) is 0.610. The minimum absolute atomic E-state index is 0.0272. The molecule has 1 heterocycles. The number of nitrogens with zero attached hydrogens (tertiary/aromatic N) is 1. The van der Waals surface area contributed by atoms with Crippen molar-refractivity contribution >= 4 is 15.7 Å². The van der Waals surface area contributed by atoms with Gasteiger partial charge < -0.3 is 14.9 Å². The van der Waals surface area contributed by atoms with Gasteiger partial charge in [0.15, 0.2) is 11.7 Å². The third-order valence-corrected chi connectivity index (χ3v) is 6.27. The van der Waals surface area contributed by atoms with Crippen molar-refractivity contribution in [2.75, 3.05) is 11.8 Å². The van der Waals surface area contributed by atoms with Gasteiger partial charge in [-0.15, -0.1) is 0 Å². The number of ether oxygens (including phenoxy) is 1. The fourth-order valence-electron chi connectivity index (χ4n) is 3.19. The molecule has 0 bridgehead atoms. The molecule has 1 aliphatic rings. The first-order valence-electron chi connectivity index (χ1n) is 9.39. The van der Waals surface area contributed by atoms with Gasteiger partial charge in [-0.2, -0.15) is 0 Å². The van der Waals surface area contributed by atoms with Gasteiger partial charge in [0.25, 0.3) is 10.0 Å². The second-order valence-corrected chi connectivity index (χ2v) is 8.77. The van der Waals surface area contributed by atoms with Crippen LogP contribution in [0.3, 0.4) is 0 Å². The van der Waals surface area contributed by atoms with Crippen molar-refractivity contribution in [3.8, 4) is 17.1 Å². The minimum Gasteiger partial charge on any atom is -0.495 e. The lowest BCUT2D eigenvalue weighted by Crippen LogP contribution is -2.14. The monoisotopic (exact) mass is 413 g/mol.